The SMILES string of the molecule is COCCCCN(Cc1ccccc1)C(=O)Nc1ccc2c(c1)OC(F)(F)O2. The van der Waals surface area contributed by atoms with Crippen LogP contribution in [-0.2, 0) is 11.3 Å². The Balaban J connectivity index is 1.66. The van der Waals surface area contributed by atoms with E-state index < -0.39 is 6.29 Å². The summed E-state index contributed by atoms with van der Waals surface area (Å²) >= 11 is 0. The Labute approximate surface area is 162 Å². The van der Waals surface area contributed by atoms with Gasteiger partial charge in [0.25, 0.3) is 0 Å². The van der Waals surface area contributed by atoms with Crippen LogP contribution in [0, 0.1) is 0 Å². The lowest BCUT2D eigenvalue weighted by molar-refractivity contribution is -0.286. The Morgan fingerprint density at radius 2 is 1.86 bits per heavy atom. The number of carbonyl (C=O) groups is 1. The number of urea groups is 1. The highest BCUT2D eigenvalue weighted by Gasteiger charge is 2.43. The minimum Gasteiger partial charge on any atom is -0.395 e. The molecule has 150 valence electrons. The van der Waals surface area contributed by atoms with E-state index >= 15 is 0 Å². The molecule has 1 aliphatic rings. The zero-order chi connectivity index (χ0) is 20.0. The largest absolute Gasteiger partial charge is 0.586 e. The summed E-state index contributed by atoms with van der Waals surface area (Å²) in [6, 6.07) is 13.4. The van der Waals surface area contributed by atoms with Crippen LogP contribution in [0.2, 0.25) is 0 Å². The van der Waals surface area contributed by atoms with Crippen LogP contribution in [0.4, 0.5) is 19.3 Å². The number of anilines is 1. The average Bonchev–Trinajstić information content (AvgIpc) is 2.98. The normalized spacial score (nSPS) is 14.0. The average molecular weight is 392 g/mol. The quantitative estimate of drug-likeness (QED) is 0.674. The van der Waals surface area contributed by atoms with Crippen LogP contribution in [0.15, 0.2) is 48.5 Å². The van der Waals surface area contributed by atoms with E-state index in [2.05, 4.69) is 14.8 Å². The number of benzene rings is 2. The summed E-state index contributed by atoms with van der Waals surface area (Å²) in [5.41, 5.74) is 1.34. The molecule has 0 aromatic heterocycles. The molecule has 1 heterocycles. The monoisotopic (exact) mass is 392 g/mol. The van der Waals surface area contributed by atoms with Crippen molar-refractivity contribution in [2.75, 3.05) is 25.6 Å². The van der Waals surface area contributed by atoms with Crippen LogP contribution in [-0.4, -0.2) is 37.5 Å². The van der Waals surface area contributed by atoms with Gasteiger partial charge < -0.3 is 24.4 Å². The third-order valence-electron chi connectivity index (χ3n) is 4.18. The first-order valence-corrected chi connectivity index (χ1v) is 8.95. The number of carbonyl (C=O) groups excluding carboxylic acids is 1. The van der Waals surface area contributed by atoms with Crippen LogP contribution in [0.1, 0.15) is 18.4 Å². The van der Waals surface area contributed by atoms with Gasteiger partial charge in [-0.05, 0) is 30.5 Å². The summed E-state index contributed by atoms with van der Waals surface area (Å²) in [5.74, 6) is -0.179. The molecule has 0 atom stereocenters. The van der Waals surface area contributed by atoms with Gasteiger partial charge in [0.15, 0.2) is 11.5 Å². The Kier molecular flexibility index (Phi) is 6.30. The number of alkyl halides is 2. The lowest BCUT2D eigenvalue weighted by Crippen LogP contribution is -2.35. The van der Waals surface area contributed by atoms with E-state index in [1.165, 1.54) is 18.2 Å². The van der Waals surface area contributed by atoms with E-state index in [4.69, 9.17) is 4.74 Å². The van der Waals surface area contributed by atoms with E-state index in [-0.39, 0.29) is 17.5 Å². The highest BCUT2D eigenvalue weighted by atomic mass is 19.3. The van der Waals surface area contributed by atoms with Gasteiger partial charge in [0.05, 0.1) is 0 Å². The maximum absolute atomic E-state index is 13.2. The van der Waals surface area contributed by atoms with E-state index in [9.17, 15) is 13.6 Å². The number of nitrogens with one attached hydrogen (secondary N) is 1. The van der Waals surface area contributed by atoms with Crippen molar-refractivity contribution in [1.29, 1.82) is 0 Å². The van der Waals surface area contributed by atoms with E-state index in [0.29, 0.717) is 25.4 Å². The standard InChI is InChI=1S/C20H22F2N2O4/c1-26-12-6-5-11-24(14-15-7-3-2-4-8-15)19(25)23-16-9-10-17-18(13-16)28-20(21,22)27-17/h2-4,7-10,13H,5-6,11-12,14H2,1H3,(H,23,25). The Morgan fingerprint density at radius 1 is 1.11 bits per heavy atom. The van der Waals surface area contributed by atoms with Crippen LogP contribution in [0.3, 0.4) is 0 Å². The van der Waals surface area contributed by atoms with Gasteiger partial charge >= 0.3 is 12.3 Å². The zero-order valence-electron chi connectivity index (χ0n) is 15.5. The summed E-state index contributed by atoms with van der Waals surface area (Å²) in [7, 11) is 1.64. The van der Waals surface area contributed by atoms with Gasteiger partial charge in [-0.3, -0.25) is 0 Å². The predicted molar refractivity (Wildman–Crippen MR) is 99.6 cm³/mol. The summed E-state index contributed by atoms with van der Waals surface area (Å²) in [6.07, 6.45) is -2.08. The second-order valence-corrected chi connectivity index (χ2v) is 6.37. The highest BCUT2D eigenvalue weighted by Crippen LogP contribution is 2.42. The highest BCUT2D eigenvalue weighted by molar-refractivity contribution is 5.89. The molecule has 0 saturated carbocycles. The number of nitrogens with zero attached hydrogens (tertiary/aromatic N) is 1. The first kappa shape index (κ1) is 19.9. The van der Waals surface area contributed by atoms with Crippen LogP contribution < -0.4 is 14.8 Å². The van der Waals surface area contributed by atoms with Gasteiger partial charge in [0, 0.05) is 38.6 Å². The minimum absolute atomic E-state index is 0.0660. The maximum atomic E-state index is 13.2. The van der Waals surface area contributed by atoms with E-state index in [0.717, 1.165) is 18.4 Å². The maximum Gasteiger partial charge on any atom is 0.586 e. The second kappa shape index (κ2) is 8.88. The molecule has 8 heteroatoms. The minimum atomic E-state index is -3.69. The number of unbranched alkanes of at least 4 members (excludes halogenated alkanes) is 1. The number of hydrogen-bond donors (Lipinski definition) is 1. The topological polar surface area (TPSA) is 60.0 Å². The smallest absolute Gasteiger partial charge is 0.395 e. The third kappa shape index (κ3) is 5.32. The van der Waals surface area contributed by atoms with Crippen molar-refractivity contribution in [1.82, 2.24) is 4.90 Å². The van der Waals surface area contributed by atoms with Crippen LogP contribution in [0.25, 0.3) is 0 Å². The molecular formula is C20H22F2N2O4. The fourth-order valence-electron chi connectivity index (χ4n) is 2.83. The molecule has 28 heavy (non-hydrogen) atoms. The molecule has 3 rings (SSSR count). The Morgan fingerprint density at radius 3 is 2.61 bits per heavy atom. The number of methoxy groups -OCH3 is 1. The molecule has 0 bridgehead atoms. The molecular weight excluding hydrogens is 370 g/mol. The van der Waals surface area contributed by atoms with Gasteiger partial charge in [-0.25, -0.2) is 4.79 Å². The molecule has 0 saturated heterocycles. The van der Waals surface area contributed by atoms with E-state index in [1.807, 2.05) is 30.3 Å². The fourth-order valence-corrected chi connectivity index (χ4v) is 2.83. The summed E-state index contributed by atoms with van der Waals surface area (Å²) in [5, 5.41) is 2.74. The predicted octanol–water partition coefficient (Wildman–Crippen LogP) is 4.47. The number of hydrogen-bond acceptors (Lipinski definition) is 4. The molecule has 0 fully saturated rings. The summed E-state index contributed by atoms with van der Waals surface area (Å²) in [4.78, 5) is 14.4. The number of rotatable bonds is 8. The molecule has 2 aromatic carbocycles. The summed E-state index contributed by atoms with van der Waals surface area (Å²) < 4.78 is 40.2. The second-order valence-electron chi connectivity index (χ2n) is 6.37. The van der Waals surface area contributed by atoms with Gasteiger partial charge in [-0.15, -0.1) is 8.78 Å². The van der Waals surface area contributed by atoms with Crippen molar-refractivity contribution in [3.8, 4) is 11.5 Å². The molecule has 2 aromatic rings. The molecule has 0 aliphatic carbocycles. The van der Waals surface area contributed by atoms with Crippen molar-refractivity contribution in [3.63, 3.8) is 0 Å². The molecule has 6 nitrogen and oxygen atoms in total. The van der Waals surface area contributed by atoms with E-state index in [1.54, 1.807) is 12.0 Å². The molecule has 1 N–H and O–H groups in total. The van der Waals surface area contributed by atoms with Gasteiger partial charge in [0.1, 0.15) is 0 Å². The number of halogens is 2. The lowest BCUT2D eigenvalue weighted by Gasteiger charge is -2.23. The first-order valence-electron chi connectivity index (χ1n) is 8.95. The van der Waals surface area contributed by atoms with Gasteiger partial charge in [-0.2, -0.15) is 0 Å². The van der Waals surface area contributed by atoms with Crippen molar-refractivity contribution in [2.45, 2.75) is 25.7 Å². The van der Waals surface area contributed by atoms with Crippen molar-refractivity contribution in [3.05, 3.63) is 54.1 Å². The molecule has 0 spiro atoms. The Bertz CT molecular complexity index is 802. The Hall–Kier alpha value is -2.87. The van der Waals surface area contributed by atoms with Crippen molar-refractivity contribution in [2.24, 2.45) is 0 Å². The fraction of sp³-hybridized carbons (Fsp3) is 0.350. The first-order chi connectivity index (χ1) is 13.5. The van der Waals surface area contributed by atoms with Crippen molar-refractivity contribution >= 4 is 11.7 Å². The van der Waals surface area contributed by atoms with Crippen molar-refractivity contribution < 1.29 is 27.8 Å². The van der Waals surface area contributed by atoms with Crippen LogP contribution in [0.5, 0.6) is 11.5 Å². The molecule has 0 radical (unpaired) electrons. The number of amides is 2. The molecule has 2 amide bonds. The summed E-state index contributed by atoms with van der Waals surface area (Å²) in [6.45, 7) is 1.59. The zero-order valence-corrected chi connectivity index (χ0v) is 15.5. The lowest BCUT2D eigenvalue weighted by atomic mass is 10.2. The van der Waals surface area contributed by atoms with Gasteiger partial charge in [0.2, 0.25) is 0 Å². The number of ether oxygens (including phenoxy) is 3. The van der Waals surface area contributed by atoms with Gasteiger partial charge in [-0.1, -0.05) is 30.3 Å². The number of fused-ring (bicyclic) bond motifs is 1. The van der Waals surface area contributed by atoms with Crippen LogP contribution >= 0.6 is 0 Å². The molecule has 0 unspecified atom stereocenters. The third-order valence-corrected chi connectivity index (χ3v) is 4.18. The molecule has 1 aliphatic heterocycles.